The number of thioether (sulfide) groups is 1. The second kappa shape index (κ2) is 8.37. The Morgan fingerprint density at radius 1 is 1.22 bits per heavy atom. The van der Waals surface area contributed by atoms with E-state index in [1.807, 2.05) is 37.3 Å². The average Bonchev–Trinajstić information content (AvgIpc) is 2.56. The third-order valence-corrected chi connectivity index (χ3v) is 5.08. The lowest BCUT2D eigenvalue weighted by atomic mass is 10.2. The number of hydrogen-bond acceptors (Lipinski definition) is 2. The predicted molar refractivity (Wildman–Crippen MR) is 95.1 cm³/mol. The van der Waals surface area contributed by atoms with E-state index < -0.39 is 0 Å². The summed E-state index contributed by atoms with van der Waals surface area (Å²) in [5.41, 5.74) is 1.53. The van der Waals surface area contributed by atoms with Crippen LogP contribution in [0, 0.1) is 5.82 Å². The molecule has 2 aromatic rings. The molecule has 2 rings (SSSR count). The largest absolute Gasteiger partial charge is 0.340 e. The zero-order valence-electron chi connectivity index (χ0n) is 13.1. The van der Waals surface area contributed by atoms with Gasteiger partial charge in [0.25, 0.3) is 0 Å². The van der Waals surface area contributed by atoms with Crippen LogP contribution in [0.15, 0.2) is 48.5 Å². The van der Waals surface area contributed by atoms with E-state index in [1.54, 1.807) is 30.9 Å². The van der Waals surface area contributed by atoms with E-state index in [1.165, 1.54) is 16.5 Å². The molecule has 0 saturated carbocycles. The molecule has 2 aromatic carbocycles. The van der Waals surface area contributed by atoms with Gasteiger partial charge in [0.2, 0.25) is 5.91 Å². The van der Waals surface area contributed by atoms with E-state index in [2.05, 4.69) is 0 Å². The van der Waals surface area contributed by atoms with E-state index in [0.29, 0.717) is 10.6 Å². The van der Waals surface area contributed by atoms with Crippen molar-refractivity contribution in [3.63, 3.8) is 0 Å². The molecule has 1 amide bonds. The molecule has 122 valence electrons. The fraction of sp³-hybridized carbons (Fsp3) is 0.278. The highest BCUT2D eigenvalue weighted by molar-refractivity contribution is 7.99. The summed E-state index contributed by atoms with van der Waals surface area (Å²) in [6.45, 7) is 2.04. The first-order valence-electron chi connectivity index (χ1n) is 7.32. The number of rotatable bonds is 6. The zero-order valence-corrected chi connectivity index (χ0v) is 14.7. The number of carbonyl (C=O) groups is 1. The van der Waals surface area contributed by atoms with Gasteiger partial charge in [0, 0.05) is 29.9 Å². The molecule has 0 heterocycles. The summed E-state index contributed by atoms with van der Waals surface area (Å²) in [5, 5.41) is 0.139. The van der Waals surface area contributed by atoms with E-state index in [4.69, 9.17) is 11.6 Å². The van der Waals surface area contributed by atoms with Crippen molar-refractivity contribution < 1.29 is 9.18 Å². The molecule has 0 saturated heterocycles. The molecule has 0 aliphatic heterocycles. The molecule has 0 aromatic heterocycles. The van der Waals surface area contributed by atoms with Gasteiger partial charge in [-0.1, -0.05) is 48.0 Å². The number of hydrogen-bond donors (Lipinski definition) is 0. The van der Waals surface area contributed by atoms with Crippen LogP contribution >= 0.6 is 23.4 Å². The smallest absolute Gasteiger partial charge is 0.235 e. The number of carbonyl (C=O) groups excluding carboxylic acids is 1. The van der Waals surface area contributed by atoms with Crippen molar-refractivity contribution in [2.24, 2.45) is 0 Å². The Hall–Kier alpha value is -1.52. The molecule has 0 radical (unpaired) electrons. The van der Waals surface area contributed by atoms with Crippen LogP contribution in [0.3, 0.4) is 0 Å². The van der Waals surface area contributed by atoms with Crippen LogP contribution in [-0.2, 0) is 17.1 Å². The molecule has 0 aliphatic carbocycles. The molecule has 0 spiro atoms. The summed E-state index contributed by atoms with van der Waals surface area (Å²) < 4.78 is 13.8. The maximum Gasteiger partial charge on any atom is 0.235 e. The van der Waals surface area contributed by atoms with Gasteiger partial charge in [0.05, 0.1) is 5.25 Å². The molecular formula is C18H19ClFNOS. The molecule has 1 unspecified atom stereocenters. The first kappa shape index (κ1) is 17.8. The van der Waals surface area contributed by atoms with Gasteiger partial charge in [0.15, 0.2) is 0 Å². The Morgan fingerprint density at radius 2 is 1.91 bits per heavy atom. The lowest BCUT2D eigenvalue weighted by molar-refractivity contribution is -0.129. The van der Waals surface area contributed by atoms with Crippen LogP contribution < -0.4 is 0 Å². The first-order valence-corrected chi connectivity index (χ1v) is 8.75. The van der Waals surface area contributed by atoms with Gasteiger partial charge >= 0.3 is 0 Å². The van der Waals surface area contributed by atoms with Gasteiger partial charge in [-0.15, -0.1) is 11.8 Å². The highest BCUT2D eigenvalue weighted by Gasteiger charge is 2.20. The summed E-state index contributed by atoms with van der Waals surface area (Å²) in [5.74, 6) is 0.342. The van der Waals surface area contributed by atoms with Crippen LogP contribution in [0.1, 0.15) is 18.1 Å². The lowest BCUT2D eigenvalue weighted by Gasteiger charge is -2.22. The van der Waals surface area contributed by atoms with Crippen molar-refractivity contribution in [3.8, 4) is 0 Å². The third-order valence-electron chi connectivity index (χ3n) is 3.52. The van der Waals surface area contributed by atoms with Crippen LogP contribution in [0.25, 0.3) is 0 Å². The maximum absolute atomic E-state index is 13.8. The Bertz CT molecular complexity index is 645. The number of nitrogens with zero attached hydrogens (tertiary/aromatic N) is 1. The molecule has 0 aliphatic rings. The van der Waals surface area contributed by atoms with Gasteiger partial charge in [-0.05, 0) is 24.6 Å². The maximum atomic E-state index is 13.8. The average molecular weight is 352 g/mol. The monoisotopic (exact) mass is 351 g/mol. The highest BCUT2D eigenvalue weighted by atomic mass is 35.5. The third kappa shape index (κ3) is 4.98. The van der Waals surface area contributed by atoms with Crippen molar-refractivity contribution in [1.29, 1.82) is 0 Å². The number of benzene rings is 2. The molecule has 0 bridgehead atoms. The first-order chi connectivity index (χ1) is 11.0. The molecule has 2 nitrogen and oxygen atoms in total. The fourth-order valence-electron chi connectivity index (χ4n) is 2.18. The van der Waals surface area contributed by atoms with Gasteiger partial charge in [-0.25, -0.2) is 4.39 Å². The normalized spacial score (nSPS) is 12.0. The fourth-order valence-corrected chi connectivity index (χ4v) is 3.36. The van der Waals surface area contributed by atoms with Gasteiger partial charge in [-0.2, -0.15) is 0 Å². The van der Waals surface area contributed by atoms with Crippen LogP contribution in [0.4, 0.5) is 4.39 Å². The van der Waals surface area contributed by atoms with E-state index >= 15 is 0 Å². The Kier molecular flexibility index (Phi) is 6.48. The summed E-state index contributed by atoms with van der Waals surface area (Å²) in [6, 6.07) is 14.5. The molecular weight excluding hydrogens is 333 g/mol. The van der Waals surface area contributed by atoms with E-state index in [0.717, 1.165) is 5.75 Å². The van der Waals surface area contributed by atoms with Crippen LogP contribution in [0.5, 0.6) is 0 Å². The molecule has 1 atom stereocenters. The van der Waals surface area contributed by atoms with Crippen molar-refractivity contribution >= 4 is 29.3 Å². The van der Waals surface area contributed by atoms with Crippen LogP contribution in [-0.4, -0.2) is 23.1 Å². The van der Waals surface area contributed by atoms with Crippen LogP contribution in [0.2, 0.25) is 5.02 Å². The van der Waals surface area contributed by atoms with E-state index in [-0.39, 0.29) is 23.5 Å². The van der Waals surface area contributed by atoms with Gasteiger partial charge < -0.3 is 4.90 Å². The second-order valence-corrected chi connectivity index (χ2v) is 7.07. The molecule has 5 heteroatoms. The molecule has 0 N–H and O–H groups in total. The zero-order chi connectivity index (χ0) is 16.8. The predicted octanol–water partition coefficient (Wildman–Crippen LogP) is 4.76. The van der Waals surface area contributed by atoms with E-state index in [9.17, 15) is 9.18 Å². The molecule has 0 fully saturated rings. The topological polar surface area (TPSA) is 20.3 Å². The quantitative estimate of drug-likeness (QED) is 0.747. The number of halogens is 2. The Labute approximate surface area is 145 Å². The van der Waals surface area contributed by atoms with Crippen molar-refractivity contribution in [2.75, 3.05) is 7.05 Å². The van der Waals surface area contributed by atoms with Crippen molar-refractivity contribution in [3.05, 3.63) is 70.5 Å². The SMILES string of the molecule is CC(SCc1ccccc1)C(=O)N(C)Cc1c(F)cccc1Cl. The van der Waals surface area contributed by atoms with Gasteiger partial charge in [-0.3, -0.25) is 4.79 Å². The summed E-state index contributed by atoms with van der Waals surface area (Å²) in [4.78, 5) is 14.0. The number of amides is 1. The van der Waals surface area contributed by atoms with Gasteiger partial charge in [0.1, 0.15) is 5.82 Å². The molecule has 23 heavy (non-hydrogen) atoms. The summed E-state index contributed by atoms with van der Waals surface area (Å²) in [7, 11) is 1.67. The minimum Gasteiger partial charge on any atom is -0.340 e. The minimum absolute atomic E-state index is 0.0368. The summed E-state index contributed by atoms with van der Waals surface area (Å²) in [6.07, 6.45) is 0. The second-order valence-electron chi connectivity index (χ2n) is 5.33. The lowest BCUT2D eigenvalue weighted by Crippen LogP contribution is -2.33. The standard InChI is InChI=1S/C18H19ClFNOS/c1-13(23-12-14-7-4-3-5-8-14)18(22)21(2)11-15-16(19)9-6-10-17(15)20/h3-10,13H,11-12H2,1-2H3. The Balaban J connectivity index is 1.93. The highest BCUT2D eigenvalue weighted by Crippen LogP contribution is 2.23. The van der Waals surface area contributed by atoms with Crippen molar-refractivity contribution in [2.45, 2.75) is 24.5 Å². The minimum atomic E-state index is -0.387. The Morgan fingerprint density at radius 3 is 2.57 bits per heavy atom. The van der Waals surface area contributed by atoms with Crippen molar-refractivity contribution in [1.82, 2.24) is 4.90 Å². The summed E-state index contributed by atoms with van der Waals surface area (Å²) >= 11 is 7.58.